The summed E-state index contributed by atoms with van der Waals surface area (Å²) in [6.07, 6.45) is 0. The Balaban J connectivity index is 2.09. The SMILES string of the molecule is CC(CCl)CNCc1nn(C)c2ccccc12. The van der Waals surface area contributed by atoms with Crippen LogP contribution >= 0.6 is 11.6 Å². The molecule has 0 fully saturated rings. The Labute approximate surface area is 107 Å². The molecule has 0 saturated carbocycles. The minimum absolute atomic E-state index is 0.492. The van der Waals surface area contributed by atoms with Crippen LogP contribution in [0.2, 0.25) is 0 Å². The molecule has 2 aromatic rings. The molecule has 0 spiro atoms. The van der Waals surface area contributed by atoms with E-state index in [9.17, 15) is 0 Å². The Morgan fingerprint density at radius 2 is 2.18 bits per heavy atom. The second-order valence-electron chi connectivity index (χ2n) is 4.48. The lowest BCUT2D eigenvalue weighted by Crippen LogP contribution is -2.21. The summed E-state index contributed by atoms with van der Waals surface area (Å²) in [7, 11) is 1.98. The second-order valence-corrected chi connectivity index (χ2v) is 4.79. The lowest BCUT2D eigenvalue weighted by Gasteiger charge is -2.07. The van der Waals surface area contributed by atoms with E-state index in [-0.39, 0.29) is 0 Å². The zero-order chi connectivity index (χ0) is 12.3. The van der Waals surface area contributed by atoms with Gasteiger partial charge in [-0.1, -0.05) is 25.1 Å². The van der Waals surface area contributed by atoms with Crippen molar-refractivity contribution in [3.05, 3.63) is 30.0 Å². The summed E-state index contributed by atoms with van der Waals surface area (Å²) in [6.45, 7) is 3.85. The highest BCUT2D eigenvalue weighted by Gasteiger charge is 2.07. The first kappa shape index (κ1) is 12.4. The summed E-state index contributed by atoms with van der Waals surface area (Å²) in [6, 6.07) is 8.29. The van der Waals surface area contributed by atoms with E-state index in [1.54, 1.807) is 0 Å². The predicted molar refractivity (Wildman–Crippen MR) is 72.3 cm³/mol. The number of hydrogen-bond donors (Lipinski definition) is 1. The monoisotopic (exact) mass is 251 g/mol. The topological polar surface area (TPSA) is 29.9 Å². The molecule has 1 unspecified atom stereocenters. The van der Waals surface area contributed by atoms with Crippen molar-refractivity contribution in [3.8, 4) is 0 Å². The Morgan fingerprint density at radius 3 is 2.94 bits per heavy atom. The molecule has 0 saturated heterocycles. The maximum atomic E-state index is 5.77. The largest absolute Gasteiger partial charge is 0.311 e. The van der Waals surface area contributed by atoms with E-state index in [1.807, 2.05) is 17.8 Å². The van der Waals surface area contributed by atoms with Gasteiger partial charge in [-0.05, 0) is 18.5 Å². The van der Waals surface area contributed by atoms with Crippen molar-refractivity contribution < 1.29 is 0 Å². The third-order valence-electron chi connectivity index (χ3n) is 2.88. The van der Waals surface area contributed by atoms with Gasteiger partial charge in [0, 0.05) is 24.9 Å². The second kappa shape index (κ2) is 5.52. The molecule has 1 aromatic carbocycles. The molecule has 17 heavy (non-hydrogen) atoms. The Bertz CT molecular complexity index is 492. The van der Waals surface area contributed by atoms with Gasteiger partial charge < -0.3 is 5.32 Å². The molecule has 4 heteroatoms. The van der Waals surface area contributed by atoms with Crippen LogP contribution in [0, 0.1) is 5.92 Å². The molecule has 1 heterocycles. The molecule has 0 amide bonds. The average molecular weight is 252 g/mol. The van der Waals surface area contributed by atoms with E-state index in [4.69, 9.17) is 11.6 Å². The molecule has 1 atom stereocenters. The van der Waals surface area contributed by atoms with Crippen LogP contribution in [0.5, 0.6) is 0 Å². The van der Waals surface area contributed by atoms with E-state index in [2.05, 4.69) is 35.5 Å². The molecule has 2 rings (SSSR count). The number of halogens is 1. The highest BCUT2D eigenvalue weighted by Crippen LogP contribution is 2.17. The van der Waals surface area contributed by atoms with Crippen LogP contribution in [-0.4, -0.2) is 22.2 Å². The van der Waals surface area contributed by atoms with Crippen molar-refractivity contribution in [1.29, 1.82) is 0 Å². The molecule has 0 aliphatic rings. The van der Waals surface area contributed by atoms with Crippen molar-refractivity contribution in [2.45, 2.75) is 13.5 Å². The fraction of sp³-hybridized carbons (Fsp3) is 0.462. The molecule has 1 N–H and O–H groups in total. The highest BCUT2D eigenvalue weighted by atomic mass is 35.5. The molecule has 0 aliphatic heterocycles. The number of alkyl halides is 1. The maximum Gasteiger partial charge on any atom is 0.0841 e. The van der Waals surface area contributed by atoms with Gasteiger partial charge in [-0.15, -0.1) is 11.6 Å². The van der Waals surface area contributed by atoms with Crippen LogP contribution < -0.4 is 5.32 Å². The van der Waals surface area contributed by atoms with Gasteiger partial charge in [-0.2, -0.15) is 5.10 Å². The van der Waals surface area contributed by atoms with Gasteiger partial charge in [0.05, 0.1) is 11.2 Å². The van der Waals surface area contributed by atoms with Crippen LogP contribution in [-0.2, 0) is 13.6 Å². The first-order chi connectivity index (χ1) is 8.22. The summed E-state index contributed by atoms with van der Waals surface area (Å²) in [5.41, 5.74) is 2.28. The number of benzene rings is 1. The zero-order valence-corrected chi connectivity index (χ0v) is 11.0. The Kier molecular flexibility index (Phi) is 4.02. The number of nitrogens with zero attached hydrogens (tertiary/aromatic N) is 2. The molecule has 1 aromatic heterocycles. The van der Waals surface area contributed by atoms with Gasteiger partial charge in [0.25, 0.3) is 0 Å². The molecular weight excluding hydrogens is 234 g/mol. The standard InChI is InChI=1S/C13H18ClN3/c1-10(7-14)8-15-9-12-11-5-3-4-6-13(11)17(2)16-12/h3-6,10,15H,7-9H2,1-2H3. The van der Waals surface area contributed by atoms with Gasteiger partial charge in [-0.25, -0.2) is 0 Å². The minimum atomic E-state index is 0.492. The lowest BCUT2D eigenvalue weighted by molar-refractivity contribution is 0.550. The van der Waals surface area contributed by atoms with Gasteiger partial charge in [0.15, 0.2) is 0 Å². The number of fused-ring (bicyclic) bond motifs is 1. The van der Waals surface area contributed by atoms with Crippen molar-refractivity contribution >= 4 is 22.5 Å². The Morgan fingerprint density at radius 1 is 1.41 bits per heavy atom. The first-order valence-corrected chi connectivity index (χ1v) is 6.43. The fourth-order valence-corrected chi connectivity index (χ4v) is 2.02. The van der Waals surface area contributed by atoms with E-state index in [0.29, 0.717) is 11.8 Å². The molecule has 0 bridgehead atoms. The fourth-order valence-electron chi connectivity index (χ4n) is 1.91. The van der Waals surface area contributed by atoms with Crippen LogP contribution in [0.4, 0.5) is 0 Å². The van der Waals surface area contributed by atoms with E-state index >= 15 is 0 Å². The van der Waals surface area contributed by atoms with E-state index in [1.165, 1.54) is 10.9 Å². The van der Waals surface area contributed by atoms with Crippen LogP contribution in [0.25, 0.3) is 10.9 Å². The average Bonchev–Trinajstić information content (AvgIpc) is 2.67. The maximum absolute atomic E-state index is 5.77. The normalized spacial score (nSPS) is 13.1. The summed E-state index contributed by atoms with van der Waals surface area (Å²) >= 11 is 5.77. The van der Waals surface area contributed by atoms with Gasteiger partial charge in [-0.3, -0.25) is 4.68 Å². The number of nitrogens with one attached hydrogen (secondary N) is 1. The number of aromatic nitrogens is 2. The number of rotatable bonds is 5. The van der Waals surface area contributed by atoms with Crippen molar-refractivity contribution in [1.82, 2.24) is 15.1 Å². The van der Waals surface area contributed by atoms with E-state index < -0.39 is 0 Å². The highest BCUT2D eigenvalue weighted by molar-refractivity contribution is 6.18. The number of para-hydroxylation sites is 1. The first-order valence-electron chi connectivity index (χ1n) is 5.89. The van der Waals surface area contributed by atoms with Crippen LogP contribution in [0.1, 0.15) is 12.6 Å². The van der Waals surface area contributed by atoms with E-state index in [0.717, 1.165) is 18.8 Å². The predicted octanol–water partition coefficient (Wildman–Crippen LogP) is 2.54. The number of hydrogen-bond acceptors (Lipinski definition) is 2. The number of aryl methyl sites for hydroxylation is 1. The van der Waals surface area contributed by atoms with Gasteiger partial charge >= 0.3 is 0 Å². The van der Waals surface area contributed by atoms with Crippen LogP contribution in [0.3, 0.4) is 0 Å². The molecule has 0 aliphatic carbocycles. The molecule has 92 valence electrons. The van der Waals surface area contributed by atoms with Gasteiger partial charge in [0.2, 0.25) is 0 Å². The van der Waals surface area contributed by atoms with Crippen LogP contribution in [0.15, 0.2) is 24.3 Å². The van der Waals surface area contributed by atoms with Gasteiger partial charge in [0.1, 0.15) is 0 Å². The van der Waals surface area contributed by atoms with Crippen molar-refractivity contribution in [3.63, 3.8) is 0 Å². The smallest absolute Gasteiger partial charge is 0.0841 e. The molecule has 3 nitrogen and oxygen atoms in total. The minimum Gasteiger partial charge on any atom is -0.311 e. The van der Waals surface area contributed by atoms with Crippen molar-refractivity contribution in [2.24, 2.45) is 13.0 Å². The summed E-state index contributed by atoms with van der Waals surface area (Å²) in [4.78, 5) is 0. The summed E-state index contributed by atoms with van der Waals surface area (Å²) < 4.78 is 1.93. The lowest BCUT2D eigenvalue weighted by atomic mass is 10.2. The van der Waals surface area contributed by atoms with Crippen molar-refractivity contribution in [2.75, 3.05) is 12.4 Å². The molecular formula is C13H18ClN3. The summed E-state index contributed by atoms with van der Waals surface area (Å²) in [5.74, 6) is 1.18. The Hall–Kier alpha value is -1.06. The quantitative estimate of drug-likeness (QED) is 0.828. The molecule has 0 radical (unpaired) electrons. The third-order valence-corrected chi connectivity index (χ3v) is 3.41. The third kappa shape index (κ3) is 2.79. The zero-order valence-electron chi connectivity index (χ0n) is 10.3. The summed E-state index contributed by atoms with van der Waals surface area (Å²) in [5, 5.41) is 9.15.